The molecule has 0 spiro atoms. The molecule has 0 saturated heterocycles. The van der Waals surface area contributed by atoms with Crippen LogP contribution in [-0.2, 0) is 4.79 Å². The highest BCUT2D eigenvalue weighted by atomic mass is 19.1. The molecule has 2 aromatic rings. The second-order valence-corrected chi connectivity index (χ2v) is 4.73. The van der Waals surface area contributed by atoms with Gasteiger partial charge in [0.15, 0.2) is 12.4 Å². The van der Waals surface area contributed by atoms with E-state index in [1.54, 1.807) is 19.1 Å². The lowest BCUT2D eigenvalue weighted by Crippen LogP contribution is -2.25. The predicted octanol–water partition coefficient (Wildman–Crippen LogP) is 2.84. The lowest BCUT2D eigenvalue weighted by Gasteiger charge is -2.20. The van der Waals surface area contributed by atoms with Crippen LogP contribution in [0.2, 0.25) is 0 Å². The van der Waals surface area contributed by atoms with Gasteiger partial charge in [-0.3, -0.25) is 4.79 Å². The third-order valence-corrected chi connectivity index (χ3v) is 3.10. The molecule has 3 N–H and O–H groups in total. The van der Waals surface area contributed by atoms with Crippen molar-refractivity contribution in [2.24, 2.45) is 0 Å². The van der Waals surface area contributed by atoms with Gasteiger partial charge in [-0.1, -0.05) is 0 Å². The normalized spacial score (nSPS) is 13.1. The van der Waals surface area contributed by atoms with Crippen LogP contribution in [0, 0.1) is 12.7 Å². The molecule has 0 fully saturated rings. The zero-order chi connectivity index (χ0) is 15.0. The highest BCUT2D eigenvalue weighted by molar-refractivity contribution is 5.96. The van der Waals surface area contributed by atoms with E-state index in [9.17, 15) is 9.18 Å². The van der Waals surface area contributed by atoms with Crippen LogP contribution in [0.4, 0.5) is 15.8 Å². The SMILES string of the molecule is Cc1cc(F)ccc1Oc1cc2c(cc1N)OCC(=O)N2. The quantitative estimate of drug-likeness (QED) is 0.833. The summed E-state index contributed by atoms with van der Waals surface area (Å²) in [7, 11) is 0. The standard InChI is InChI=1S/C15H13FN2O3/c1-8-4-9(16)2-3-12(8)21-13-6-11-14(5-10(13)17)20-7-15(19)18-11/h2-6H,7,17H2,1H3,(H,18,19). The van der Waals surface area contributed by atoms with Crippen molar-refractivity contribution in [2.75, 3.05) is 17.7 Å². The number of hydrogen-bond acceptors (Lipinski definition) is 4. The van der Waals surface area contributed by atoms with E-state index < -0.39 is 0 Å². The molecule has 1 amide bonds. The van der Waals surface area contributed by atoms with E-state index in [-0.39, 0.29) is 18.3 Å². The summed E-state index contributed by atoms with van der Waals surface area (Å²) in [6, 6.07) is 7.38. The fourth-order valence-corrected chi connectivity index (χ4v) is 2.06. The van der Waals surface area contributed by atoms with Gasteiger partial charge in [-0.25, -0.2) is 4.39 Å². The molecule has 3 rings (SSSR count). The highest BCUT2D eigenvalue weighted by Crippen LogP contribution is 2.39. The second kappa shape index (κ2) is 4.97. The largest absolute Gasteiger partial charge is 0.481 e. The average molecular weight is 288 g/mol. The Labute approximate surface area is 120 Å². The zero-order valence-electron chi connectivity index (χ0n) is 11.3. The Bertz CT molecular complexity index is 731. The predicted molar refractivity (Wildman–Crippen MR) is 76.2 cm³/mol. The minimum absolute atomic E-state index is 0.0380. The number of fused-ring (bicyclic) bond motifs is 1. The van der Waals surface area contributed by atoms with Crippen molar-refractivity contribution in [1.82, 2.24) is 0 Å². The maximum Gasteiger partial charge on any atom is 0.262 e. The van der Waals surface area contributed by atoms with E-state index in [0.717, 1.165) is 0 Å². The molecule has 0 radical (unpaired) electrons. The van der Waals surface area contributed by atoms with E-state index in [0.29, 0.717) is 34.2 Å². The molecular formula is C15H13FN2O3. The first kappa shape index (κ1) is 13.2. The molecule has 0 unspecified atom stereocenters. The van der Waals surface area contributed by atoms with Gasteiger partial charge in [0, 0.05) is 12.1 Å². The summed E-state index contributed by atoms with van der Waals surface area (Å²) in [5.41, 5.74) is 7.43. The maximum atomic E-state index is 13.1. The summed E-state index contributed by atoms with van der Waals surface area (Å²) < 4.78 is 24.1. The summed E-state index contributed by atoms with van der Waals surface area (Å²) in [6.07, 6.45) is 0. The smallest absolute Gasteiger partial charge is 0.262 e. The van der Waals surface area contributed by atoms with Crippen LogP contribution in [0.3, 0.4) is 0 Å². The Balaban J connectivity index is 1.95. The minimum Gasteiger partial charge on any atom is -0.481 e. The van der Waals surface area contributed by atoms with Gasteiger partial charge in [0.25, 0.3) is 5.91 Å². The summed E-state index contributed by atoms with van der Waals surface area (Å²) in [4.78, 5) is 11.3. The number of aryl methyl sites for hydroxylation is 1. The molecule has 0 aliphatic carbocycles. The number of carbonyl (C=O) groups excluding carboxylic acids is 1. The van der Waals surface area contributed by atoms with Crippen molar-refractivity contribution in [3.05, 3.63) is 41.7 Å². The van der Waals surface area contributed by atoms with Gasteiger partial charge in [-0.2, -0.15) is 0 Å². The molecule has 1 aliphatic rings. The monoisotopic (exact) mass is 288 g/mol. The Morgan fingerprint density at radius 2 is 2.10 bits per heavy atom. The maximum absolute atomic E-state index is 13.1. The van der Waals surface area contributed by atoms with Crippen molar-refractivity contribution >= 4 is 17.3 Å². The topological polar surface area (TPSA) is 73.6 Å². The van der Waals surface area contributed by atoms with Crippen molar-refractivity contribution < 1.29 is 18.7 Å². The van der Waals surface area contributed by atoms with Gasteiger partial charge in [0.05, 0.1) is 11.4 Å². The van der Waals surface area contributed by atoms with E-state index in [1.165, 1.54) is 18.2 Å². The first-order valence-electron chi connectivity index (χ1n) is 6.33. The molecule has 1 heterocycles. The average Bonchev–Trinajstić information content (AvgIpc) is 2.43. The number of ether oxygens (including phenoxy) is 2. The van der Waals surface area contributed by atoms with Crippen molar-refractivity contribution in [2.45, 2.75) is 6.92 Å². The molecule has 6 heteroatoms. The van der Waals surface area contributed by atoms with Crippen LogP contribution in [0.15, 0.2) is 30.3 Å². The minimum atomic E-state index is -0.334. The summed E-state index contributed by atoms with van der Waals surface area (Å²) in [5.74, 6) is 0.783. The summed E-state index contributed by atoms with van der Waals surface area (Å²) in [5, 5.41) is 2.68. The van der Waals surface area contributed by atoms with Gasteiger partial charge in [0.1, 0.15) is 17.3 Å². The van der Waals surface area contributed by atoms with Crippen LogP contribution in [0.25, 0.3) is 0 Å². The first-order valence-corrected chi connectivity index (χ1v) is 6.33. The number of amides is 1. The van der Waals surface area contributed by atoms with Crippen LogP contribution in [0.5, 0.6) is 17.2 Å². The number of carbonyl (C=O) groups is 1. The van der Waals surface area contributed by atoms with Crippen LogP contribution in [-0.4, -0.2) is 12.5 Å². The van der Waals surface area contributed by atoms with Crippen LogP contribution >= 0.6 is 0 Å². The molecule has 21 heavy (non-hydrogen) atoms. The molecule has 0 bridgehead atoms. The third-order valence-electron chi connectivity index (χ3n) is 3.10. The number of rotatable bonds is 2. The first-order chi connectivity index (χ1) is 10.0. The molecule has 0 atom stereocenters. The van der Waals surface area contributed by atoms with Crippen LogP contribution < -0.4 is 20.5 Å². The summed E-state index contributed by atoms with van der Waals surface area (Å²) >= 11 is 0. The number of benzene rings is 2. The number of hydrogen-bond donors (Lipinski definition) is 2. The molecule has 5 nitrogen and oxygen atoms in total. The molecular weight excluding hydrogens is 275 g/mol. The lowest BCUT2D eigenvalue weighted by molar-refractivity contribution is -0.118. The van der Waals surface area contributed by atoms with E-state index in [2.05, 4.69) is 5.32 Å². The Hall–Kier alpha value is -2.76. The van der Waals surface area contributed by atoms with Gasteiger partial charge < -0.3 is 20.5 Å². The zero-order valence-corrected chi connectivity index (χ0v) is 11.3. The number of nitrogens with one attached hydrogen (secondary N) is 1. The molecule has 0 aromatic heterocycles. The Morgan fingerprint density at radius 3 is 2.86 bits per heavy atom. The van der Waals surface area contributed by atoms with Gasteiger partial charge >= 0.3 is 0 Å². The molecule has 2 aromatic carbocycles. The van der Waals surface area contributed by atoms with Crippen LogP contribution in [0.1, 0.15) is 5.56 Å². The molecule has 0 saturated carbocycles. The van der Waals surface area contributed by atoms with E-state index in [4.69, 9.17) is 15.2 Å². The lowest BCUT2D eigenvalue weighted by atomic mass is 10.2. The Morgan fingerprint density at radius 1 is 1.29 bits per heavy atom. The Kier molecular flexibility index (Phi) is 3.13. The molecule has 108 valence electrons. The van der Waals surface area contributed by atoms with Crippen molar-refractivity contribution in [3.63, 3.8) is 0 Å². The number of anilines is 2. The number of nitrogen functional groups attached to an aromatic ring is 1. The fraction of sp³-hybridized carbons (Fsp3) is 0.133. The van der Waals surface area contributed by atoms with E-state index >= 15 is 0 Å². The van der Waals surface area contributed by atoms with Gasteiger partial charge in [0.2, 0.25) is 0 Å². The van der Waals surface area contributed by atoms with Gasteiger partial charge in [-0.05, 0) is 30.7 Å². The highest BCUT2D eigenvalue weighted by Gasteiger charge is 2.19. The molecule has 1 aliphatic heterocycles. The van der Waals surface area contributed by atoms with Gasteiger partial charge in [-0.15, -0.1) is 0 Å². The second-order valence-electron chi connectivity index (χ2n) is 4.73. The summed E-state index contributed by atoms with van der Waals surface area (Å²) in [6.45, 7) is 1.70. The number of nitrogens with two attached hydrogens (primary N) is 1. The van der Waals surface area contributed by atoms with Crippen molar-refractivity contribution in [3.8, 4) is 17.2 Å². The van der Waals surface area contributed by atoms with E-state index in [1.807, 2.05) is 0 Å². The number of halogens is 1. The third kappa shape index (κ3) is 2.60. The van der Waals surface area contributed by atoms with Crippen molar-refractivity contribution in [1.29, 1.82) is 0 Å². The fourth-order valence-electron chi connectivity index (χ4n) is 2.06.